The fraction of sp³-hybridized carbons (Fsp3) is 0.462. The maximum Gasteiger partial charge on any atom is 0.344 e. The number of rotatable bonds is 5. The number of carbonyl (C=O) groups is 1. The fourth-order valence-corrected chi connectivity index (χ4v) is 1.08. The summed E-state index contributed by atoms with van der Waals surface area (Å²) in [5, 5.41) is 0. The Kier molecular flexibility index (Phi) is 4.82. The third-order valence-corrected chi connectivity index (χ3v) is 2.49. The molecule has 0 saturated heterocycles. The van der Waals surface area contributed by atoms with Gasteiger partial charge in [-0.3, -0.25) is 0 Å². The van der Waals surface area contributed by atoms with Crippen LogP contribution in [0.5, 0.6) is 5.75 Å². The van der Waals surface area contributed by atoms with Gasteiger partial charge in [-0.2, -0.15) is 0 Å². The first-order chi connectivity index (χ1) is 7.99. The maximum absolute atomic E-state index is 11.4. The summed E-state index contributed by atoms with van der Waals surface area (Å²) in [6, 6.07) is 6.87. The fourth-order valence-electron chi connectivity index (χ4n) is 1.08. The summed E-state index contributed by atoms with van der Waals surface area (Å²) < 4.78 is 10.4. The van der Waals surface area contributed by atoms with Crippen LogP contribution in [0, 0.1) is 5.92 Å². The van der Waals surface area contributed by atoms with Gasteiger partial charge in [-0.25, -0.2) is 4.79 Å². The van der Waals surface area contributed by atoms with Crippen LogP contribution in [0.15, 0.2) is 24.3 Å². The van der Waals surface area contributed by atoms with Crippen molar-refractivity contribution in [3.63, 3.8) is 0 Å². The van der Waals surface area contributed by atoms with Gasteiger partial charge in [-0.1, -0.05) is 13.8 Å². The molecular weight excluding hydrogens is 218 g/mol. The lowest BCUT2D eigenvalue weighted by Gasteiger charge is -2.16. The molecule has 0 aliphatic heterocycles. The van der Waals surface area contributed by atoms with Gasteiger partial charge >= 0.3 is 5.97 Å². The van der Waals surface area contributed by atoms with Crippen LogP contribution in [-0.4, -0.2) is 18.7 Å². The van der Waals surface area contributed by atoms with E-state index < -0.39 is 0 Å². The van der Waals surface area contributed by atoms with Crippen molar-refractivity contribution < 1.29 is 14.3 Å². The standard InChI is InChI=1S/C13H19NO3/c1-9(2)10(3)17-13(15)8-16-12-6-4-11(14)5-7-12/h4-7,9-10H,8,14H2,1-3H3. The SMILES string of the molecule is CC(C)C(C)OC(=O)COc1ccc(N)cc1. The van der Waals surface area contributed by atoms with Crippen LogP contribution < -0.4 is 10.5 Å². The van der Waals surface area contributed by atoms with Gasteiger partial charge in [-0.15, -0.1) is 0 Å². The predicted molar refractivity (Wildman–Crippen MR) is 66.7 cm³/mol. The summed E-state index contributed by atoms with van der Waals surface area (Å²) >= 11 is 0. The van der Waals surface area contributed by atoms with Gasteiger partial charge in [0.25, 0.3) is 0 Å². The van der Waals surface area contributed by atoms with E-state index >= 15 is 0 Å². The lowest BCUT2D eigenvalue weighted by molar-refractivity contribution is -0.152. The number of nitrogens with two attached hydrogens (primary N) is 1. The van der Waals surface area contributed by atoms with Crippen LogP contribution in [0.3, 0.4) is 0 Å². The van der Waals surface area contributed by atoms with E-state index in [1.807, 2.05) is 20.8 Å². The second-order valence-corrected chi connectivity index (χ2v) is 4.30. The minimum atomic E-state index is -0.358. The number of ether oxygens (including phenoxy) is 2. The molecule has 0 spiro atoms. The van der Waals surface area contributed by atoms with Crippen molar-refractivity contribution in [1.29, 1.82) is 0 Å². The van der Waals surface area contributed by atoms with E-state index in [-0.39, 0.29) is 18.7 Å². The van der Waals surface area contributed by atoms with E-state index in [2.05, 4.69) is 0 Å². The summed E-state index contributed by atoms with van der Waals surface area (Å²) in [6.07, 6.45) is -0.0995. The molecular formula is C13H19NO3. The lowest BCUT2D eigenvalue weighted by atomic mass is 10.1. The highest BCUT2D eigenvalue weighted by Crippen LogP contribution is 2.13. The first-order valence-electron chi connectivity index (χ1n) is 5.67. The van der Waals surface area contributed by atoms with Crippen LogP contribution in [0.2, 0.25) is 0 Å². The molecule has 1 unspecified atom stereocenters. The van der Waals surface area contributed by atoms with Crippen molar-refractivity contribution >= 4 is 11.7 Å². The zero-order valence-electron chi connectivity index (χ0n) is 10.5. The minimum Gasteiger partial charge on any atom is -0.482 e. The van der Waals surface area contributed by atoms with E-state index in [4.69, 9.17) is 15.2 Å². The molecule has 0 amide bonds. The first kappa shape index (κ1) is 13.4. The Hall–Kier alpha value is -1.71. The van der Waals surface area contributed by atoms with Crippen LogP contribution in [0.25, 0.3) is 0 Å². The van der Waals surface area contributed by atoms with Gasteiger partial charge < -0.3 is 15.2 Å². The number of anilines is 1. The van der Waals surface area contributed by atoms with Gasteiger partial charge in [0.05, 0.1) is 0 Å². The summed E-state index contributed by atoms with van der Waals surface area (Å²) in [5.41, 5.74) is 6.20. The normalized spacial score (nSPS) is 12.2. The Labute approximate surface area is 102 Å². The molecule has 1 aromatic carbocycles. The van der Waals surface area contributed by atoms with Gasteiger partial charge in [0.15, 0.2) is 6.61 Å². The van der Waals surface area contributed by atoms with Crippen molar-refractivity contribution in [2.45, 2.75) is 26.9 Å². The number of carbonyl (C=O) groups excluding carboxylic acids is 1. The predicted octanol–water partition coefficient (Wildman–Crippen LogP) is 2.24. The Bertz CT molecular complexity index is 359. The Morgan fingerprint density at radius 1 is 1.24 bits per heavy atom. The van der Waals surface area contributed by atoms with E-state index in [9.17, 15) is 4.79 Å². The van der Waals surface area contributed by atoms with E-state index in [1.165, 1.54) is 0 Å². The van der Waals surface area contributed by atoms with E-state index in [0.717, 1.165) is 0 Å². The monoisotopic (exact) mass is 237 g/mol. The molecule has 0 fully saturated rings. The highest BCUT2D eigenvalue weighted by atomic mass is 16.6. The minimum absolute atomic E-state index is 0.0824. The third kappa shape index (κ3) is 4.76. The topological polar surface area (TPSA) is 61.5 Å². The Balaban J connectivity index is 2.35. The highest BCUT2D eigenvalue weighted by Gasteiger charge is 2.13. The molecule has 0 aliphatic rings. The second-order valence-electron chi connectivity index (χ2n) is 4.30. The quantitative estimate of drug-likeness (QED) is 0.630. The molecule has 1 rings (SSSR count). The van der Waals surface area contributed by atoms with Crippen LogP contribution in [0.1, 0.15) is 20.8 Å². The maximum atomic E-state index is 11.4. The van der Waals surface area contributed by atoms with Crippen molar-refractivity contribution in [3.8, 4) is 5.75 Å². The number of hydrogen-bond donors (Lipinski definition) is 1. The smallest absolute Gasteiger partial charge is 0.344 e. The zero-order valence-corrected chi connectivity index (χ0v) is 10.5. The average Bonchev–Trinajstić information content (AvgIpc) is 2.28. The second kappa shape index (κ2) is 6.13. The lowest BCUT2D eigenvalue weighted by Crippen LogP contribution is -2.24. The highest BCUT2D eigenvalue weighted by molar-refractivity contribution is 5.71. The summed E-state index contributed by atoms with van der Waals surface area (Å²) in [4.78, 5) is 11.4. The van der Waals surface area contributed by atoms with Crippen molar-refractivity contribution in [2.24, 2.45) is 5.92 Å². The molecule has 0 heterocycles. The zero-order chi connectivity index (χ0) is 12.8. The molecule has 0 radical (unpaired) electrons. The number of esters is 1. The number of benzene rings is 1. The summed E-state index contributed by atoms with van der Waals surface area (Å²) in [7, 11) is 0. The Morgan fingerprint density at radius 3 is 2.35 bits per heavy atom. The summed E-state index contributed by atoms with van der Waals surface area (Å²) in [6.45, 7) is 5.78. The van der Waals surface area contributed by atoms with Gasteiger partial charge in [0.2, 0.25) is 0 Å². The average molecular weight is 237 g/mol. The molecule has 1 atom stereocenters. The van der Waals surface area contributed by atoms with E-state index in [0.29, 0.717) is 17.4 Å². The molecule has 0 saturated carbocycles. The van der Waals surface area contributed by atoms with Crippen molar-refractivity contribution in [1.82, 2.24) is 0 Å². The molecule has 17 heavy (non-hydrogen) atoms. The van der Waals surface area contributed by atoms with Gasteiger partial charge in [0, 0.05) is 5.69 Å². The molecule has 0 bridgehead atoms. The molecule has 94 valence electrons. The molecule has 0 aliphatic carbocycles. The molecule has 4 heteroatoms. The van der Waals surface area contributed by atoms with Crippen molar-refractivity contribution in [2.75, 3.05) is 12.3 Å². The summed E-state index contributed by atoms with van der Waals surface area (Å²) in [5.74, 6) is 0.548. The molecule has 1 aromatic rings. The van der Waals surface area contributed by atoms with Crippen LogP contribution >= 0.6 is 0 Å². The molecule has 2 N–H and O–H groups in total. The van der Waals surface area contributed by atoms with E-state index in [1.54, 1.807) is 24.3 Å². The Morgan fingerprint density at radius 2 is 1.82 bits per heavy atom. The largest absolute Gasteiger partial charge is 0.482 e. The van der Waals surface area contributed by atoms with Crippen LogP contribution in [0.4, 0.5) is 5.69 Å². The third-order valence-electron chi connectivity index (χ3n) is 2.49. The molecule has 0 aromatic heterocycles. The number of hydrogen-bond acceptors (Lipinski definition) is 4. The van der Waals surface area contributed by atoms with Crippen molar-refractivity contribution in [3.05, 3.63) is 24.3 Å². The van der Waals surface area contributed by atoms with Gasteiger partial charge in [-0.05, 0) is 37.1 Å². The number of nitrogen functional groups attached to an aromatic ring is 1. The molecule has 4 nitrogen and oxygen atoms in total. The van der Waals surface area contributed by atoms with Crippen LogP contribution in [-0.2, 0) is 9.53 Å². The first-order valence-corrected chi connectivity index (χ1v) is 5.67. The van der Waals surface area contributed by atoms with Gasteiger partial charge in [0.1, 0.15) is 11.9 Å².